The van der Waals surface area contributed by atoms with Gasteiger partial charge in [-0.1, -0.05) is 0 Å². The van der Waals surface area contributed by atoms with Crippen LogP contribution in [0.25, 0.3) is 0 Å². The molecule has 0 amide bonds. The molecular formula is C13H25Sn. The molecule has 81 valence electrons. The second kappa shape index (κ2) is 11.4. The molecule has 0 aromatic rings. The molecule has 0 unspecified atom stereocenters. The summed E-state index contributed by atoms with van der Waals surface area (Å²) in [6.45, 7) is 8.33. The summed E-state index contributed by atoms with van der Waals surface area (Å²) in [5.74, 6) is 0. The Morgan fingerprint density at radius 1 is 1.07 bits per heavy atom. The van der Waals surface area contributed by atoms with E-state index >= 15 is 0 Å². The van der Waals surface area contributed by atoms with Gasteiger partial charge in [0.25, 0.3) is 0 Å². The standard InChI is InChI=1S/C5H7.2C4H9.Sn/c1-3-5-4-2;2*1-3-4-2;/h3-5H,1-2H2;2*1,3-4H2,2H3;. The molecule has 0 aliphatic carbocycles. The molecule has 0 rings (SSSR count). The Hall–Kier alpha value is 0.279. The van der Waals surface area contributed by atoms with Crippen LogP contribution >= 0.6 is 0 Å². The fourth-order valence-corrected chi connectivity index (χ4v) is 9.60. The van der Waals surface area contributed by atoms with Gasteiger partial charge in [0.1, 0.15) is 0 Å². The van der Waals surface area contributed by atoms with Gasteiger partial charge in [-0.05, 0) is 0 Å². The van der Waals surface area contributed by atoms with E-state index in [4.69, 9.17) is 0 Å². The van der Waals surface area contributed by atoms with Gasteiger partial charge in [-0.2, -0.15) is 0 Å². The van der Waals surface area contributed by atoms with Gasteiger partial charge in [-0.15, -0.1) is 0 Å². The third-order valence-electron chi connectivity index (χ3n) is 2.45. The van der Waals surface area contributed by atoms with Gasteiger partial charge in [0.2, 0.25) is 0 Å². The number of rotatable bonds is 9. The summed E-state index contributed by atoms with van der Waals surface area (Å²) in [6, 6.07) is 0. The van der Waals surface area contributed by atoms with Gasteiger partial charge in [0, 0.05) is 0 Å². The van der Waals surface area contributed by atoms with Crippen molar-refractivity contribution in [3.05, 3.63) is 24.8 Å². The Morgan fingerprint density at radius 3 is 2.07 bits per heavy atom. The molecule has 1 heteroatoms. The Morgan fingerprint density at radius 2 is 1.64 bits per heavy atom. The van der Waals surface area contributed by atoms with Gasteiger partial charge in [-0.3, -0.25) is 0 Å². The van der Waals surface area contributed by atoms with Crippen LogP contribution in [0.2, 0.25) is 13.3 Å². The molecule has 0 bridgehead atoms. The molecule has 0 nitrogen and oxygen atoms in total. The third-order valence-corrected chi connectivity index (χ3v) is 10.8. The summed E-state index contributed by atoms with van der Waals surface area (Å²) in [7, 11) is 0. The summed E-state index contributed by atoms with van der Waals surface area (Å²) in [5.41, 5.74) is 0. The number of allylic oxidation sites excluding steroid dienone is 3. The van der Waals surface area contributed by atoms with Crippen molar-refractivity contribution in [2.45, 2.75) is 52.8 Å². The van der Waals surface area contributed by atoms with E-state index in [0.29, 0.717) is 0 Å². The summed E-state index contributed by atoms with van der Waals surface area (Å²) in [6.07, 6.45) is 12.1. The second-order valence-corrected chi connectivity index (χ2v) is 12.1. The van der Waals surface area contributed by atoms with Crippen molar-refractivity contribution in [1.29, 1.82) is 0 Å². The molecule has 0 heterocycles. The van der Waals surface area contributed by atoms with E-state index in [1.165, 1.54) is 30.1 Å². The zero-order valence-corrected chi connectivity index (χ0v) is 12.7. The van der Waals surface area contributed by atoms with E-state index in [2.05, 4.69) is 32.6 Å². The molecule has 0 aromatic carbocycles. The van der Waals surface area contributed by atoms with E-state index in [0.717, 1.165) is 0 Å². The first kappa shape index (κ1) is 14.3. The molecule has 0 aliphatic rings. The van der Waals surface area contributed by atoms with Gasteiger partial charge in [0.15, 0.2) is 0 Å². The molecule has 0 saturated carbocycles. The van der Waals surface area contributed by atoms with Crippen molar-refractivity contribution in [2.75, 3.05) is 0 Å². The first-order valence-corrected chi connectivity index (χ1v) is 12.0. The summed E-state index contributed by atoms with van der Waals surface area (Å²) < 4.78 is 4.63. The first-order valence-electron chi connectivity index (χ1n) is 5.96. The van der Waals surface area contributed by atoms with Crippen LogP contribution in [0.3, 0.4) is 0 Å². The van der Waals surface area contributed by atoms with Gasteiger partial charge >= 0.3 is 97.4 Å². The molecule has 1 radical (unpaired) electrons. The second-order valence-electron chi connectivity index (χ2n) is 3.83. The Labute approximate surface area is 97.2 Å². The molecule has 0 spiro atoms. The van der Waals surface area contributed by atoms with Crippen molar-refractivity contribution in [3.8, 4) is 0 Å². The normalized spacial score (nSPS) is 11.4. The van der Waals surface area contributed by atoms with Crippen molar-refractivity contribution >= 4 is 19.8 Å². The Bertz CT molecular complexity index is 141. The van der Waals surface area contributed by atoms with Gasteiger partial charge in [0.05, 0.1) is 0 Å². The van der Waals surface area contributed by atoms with Crippen molar-refractivity contribution < 1.29 is 0 Å². The van der Waals surface area contributed by atoms with E-state index < -0.39 is 19.8 Å². The maximum atomic E-state index is 3.72. The van der Waals surface area contributed by atoms with Crippen LogP contribution in [-0.2, 0) is 0 Å². The summed E-state index contributed by atoms with van der Waals surface area (Å²) in [4.78, 5) is 0. The SMILES string of the molecule is C=CC=C[CH2][Sn]([CH2]CCC)[CH2]CCC. The van der Waals surface area contributed by atoms with E-state index in [1.807, 2.05) is 6.08 Å². The van der Waals surface area contributed by atoms with Gasteiger partial charge in [-0.25, -0.2) is 0 Å². The maximum absolute atomic E-state index is 3.72. The molecule has 0 saturated heterocycles. The fraction of sp³-hybridized carbons (Fsp3) is 0.692. The molecule has 0 aliphatic heterocycles. The van der Waals surface area contributed by atoms with Gasteiger partial charge < -0.3 is 0 Å². The average molecular weight is 300 g/mol. The van der Waals surface area contributed by atoms with Crippen molar-refractivity contribution in [1.82, 2.24) is 0 Å². The third kappa shape index (κ3) is 8.86. The van der Waals surface area contributed by atoms with Crippen LogP contribution in [-0.4, -0.2) is 19.8 Å². The van der Waals surface area contributed by atoms with Crippen LogP contribution in [0.1, 0.15) is 39.5 Å². The Kier molecular flexibility index (Phi) is 11.6. The minimum atomic E-state index is -0.994. The zero-order chi connectivity index (χ0) is 10.6. The van der Waals surface area contributed by atoms with E-state index in [-0.39, 0.29) is 0 Å². The predicted molar refractivity (Wildman–Crippen MR) is 69.3 cm³/mol. The number of unbranched alkanes of at least 4 members (excludes halogenated alkanes) is 2. The van der Waals surface area contributed by atoms with Crippen LogP contribution in [0.15, 0.2) is 24.8 Å². The molecule has 0 aromatic heterocycles. The number of hydrogen-bond acceptors (Lipinski definition) is 0. The topological polar surface area (TPSA) is 0 Å². The zero-order valence-electron chi connectivity index (χ0n) is 9.89. The van der Waals surface area contributed by atoms with E-state index in [1.54, 1.807) is 8.87 Å². The molecule has 0 N–H and O–H groups in total. The predicted octanol–water partition coefficient (Wildman–Crippen LogP) is 4.82. The molecule has 0 fully saturated rings. The van der Waals surface area contributed by atoms with Crippen LogP contribution in [0.5, 0.6) is 0 Å². The molecule has 0 atom stereocenters. The monoisotopic (exact) mass is 301 g/mol. The van der Waals surface area contributed by atoms with E-state index in [9.17, 15) is 0 Å². The number of hydrogen-bond donors (Lipinski definition) is 0. The van der Waals surface area contributed by atoms with Crippen molar-refractivity contribution in [2.24, 2.45) is 0 Å². The fourth-order valence-electron chi connectivity index (χ4n) is 1.51. The first-order chi connectivity index (χ1) is 6.85. The Balaban J connectivity index is 3.70. The average Bonchev–Trinajstić information content (AvgIpc) is 2.21. The minimum absolute atomic E-state index is 0.994. The van der Waals surface area contributed by atoms with Crippen molar-refractivity contribution in [3.63, 3.8) is 0 Å². The summed E-state index contributed by atoms with van der Waals surface area (Å²) in [5, 5.41) is 0. The molecule has 14 heavy (non-hydrogen) atoms. The summed E-state index contributed by atoms with van der Waals surface area (Å²) >= 11 is -0.994. The van der Waals surface area contributed by atoms with Crippen LogP contribution in [0, 0.1) is 0 Å². The quantitative estimate of drug-likeness (QED) is 0.423. The van der Waals surface area contributed by atoms with Crippen LogP contribution < -0.4 is 0 Å². The molecular weight excluding hydrogens is 275 g/mol. The van der Waals surface area contributed by atoms with Crippen LogP contribution in [0.4, 0.5) is 0 Å².